The number of benzene rings is 1. The van der Waals surface area contributed by atoms with Gasteiger partial charge in [0, 0.05) is 10.7 Å². The van der Waals surface area contributed by atoms with Crippen LogP contribution in [0.1, 0.15) is 17.5 Å². The number of nitrogens with one attached hydrogen (secondary N) is 2. The molecule has 0 atom stereocenters. The Kier molecular flexibility index (Phi) is 5.11. The molecule has 8 heteroatoms. The maximum absolute atomic E-state index is 5.96. The van der Waals surface area contributed by atoms with Crippen LogP contribution in [-0.2, 0) is 0 Å². The molecule has 0 aliphatic rings. The van der Waals surface area contributed by atoms with Crippen molar-refractivity contribution in [1.29, 1.82) is 0 Å². The third kappa shape index (κ3) is 4.38. The van der Waals surface area contributed by atoms with Gasteiger partial charge in [0.25, 0.3) is 0 Å². The van der Waals surface area contributed by atoms with Crippen LogP contribution in [0.3, 0.4) is 0 Å². The molecule has 1 aromatic carbocycles. The highest BCUT2D eigenvalue weighted by Gasteiger charge is 2.10. The molecule has 4 N–H and O–H groups in total. The van der Waals surface area contributed by atoms with Gasteiger partial charge in [-0.3, -0.25) is 5.43 Å². The second-order valence-electron chi connectivity index (χ2n) is 4.24. The molecule has 0 saturated heterocycles. The highest BCUT2D eigenvalue weighted by atomic mass is 35.5. The minimum Gasteiger partial charge on any atom is -0.375 e. The van der Waals surface area contributed by atoms with E-state index in [0.717, 1.165) is 27.1 Å². The van der Waals surface area contributed by atoms with Crippen molar-refractivity contribution in [1.82, 2.24) is 10.4 Å². The lowest BCUT2D eigenvalue weighted by atomic mass is 10.3. The highest BCUT2D eigenvalue weighted by Crippen LogP contribution is 2.27. The summed E-state index contributed by atoms with van der Waals surface area (Å²) < 4.78 is 0. The number of hydrazone groups is 1. The van der Waals surface area contributed by atoms with Crippen molar-refractivity contribution in [2.45, 2.75) is 13.8 Å². The van der Waals surface area contributed by atoms with Gasteiger partial charge in [-0.15, -0.1) is 0 Å². The van der Waals surface area contributed by atoms with Gasteiger partial charge in [0.1, 0.15) is 0 Å². The Balaban J connectivity index is 2.19. The predicted octanol–water partition coefficient (Wildman–Crippen LogP) is 3.41. The topological polar surface area (TPSA) is 75.3 Å². The summed E-state index contributed by atoms with van der Waals surface area (Å²) in [6, 6.07) is 7.47. The molecule has 0 amide bonds. The number of hydrogen-bond acceptors (Lipinski definition) is 5. The molecule has 1 heterocycles. The molecule has 0 fully saturated rings. The summed E-state index contributed by atoms with van der Waals surface area (Å²) in [7, 11) is 0. The second kappa shape index (κ2) is 6.84. The molecule has 0 aliphatic carbocycles. The van der Waals surface area contributed by atoms with Gasteiger partial charge in [-0.25, -0.2) is 4.98 Å². The average Bonchev–Trinajstić information content (AvgIpc) is 2.77. The van der Waals surface area contributed by atoms with Crippen LogP contribution >= 0.6 is 35.2 Å². The van der Waals surface area contributed by atoms with Gasteiger partial charge >= 0.3 is 0 Å². The number of aryl methyl sites for hydroxylation is 1. The molecule has 0 aliphatic heterocycles. The van der Waals surface area contributed by atoms with Gasteiger partial charge in [-0.2, -0.15) is 5.10 Å². The number of thiazole rings is 1. The number of anilines is 2. The third-order valence-corrected chi connectivity index (χ3v) is 4.04. The molecule has 2 aromatic rings. The van der Waals surface area contributed by atoms with E-state index in [4.69, 9.17) is 29.6 Å². The van der Waals surface area contributed by atoms with Crippen LogP contribution < -0.4 is 16.5 Å². The SMILES string of the molecule is C/C(=N/NC(N)=S)c1sc(Nc2cccc(Cl)c2)nc1C. The molecule has 0 spiro atoms. The zero-order valence-electron chi connectivity index (χ0n) is 11.5. The van der Waals surface area contributed by atoms with Gasteiger partial charge in [-0.05, 0) is 44.3 Å². The molecular formula is C13H14ClN5S2. The van der Waals surface area contributed by atoms with Gasteiger partial charge in [0.05, 0.1) is 16.3 Å². The van der Waals surface area contributed by atoms with E-state index in [1.54, 1.807) is 0 Å². The maximum atomic E-state index is 5.96. The van der Waals surface area contributed by atoms with Gasteiger partial charge < -0.3 is 11.1 Å². The van der Waals surface area contributed by atoms with Crippen LogP contribution in [0, 0.1) is 6.92 Å². The number of rotatable bonds is 4. The minimum absolute atomic E-state index is 0.133. The summed E-state index contributed by atoms with van der Waals surface area (Å²) in [5.41, 5.74) is 10.5. The fourth-order valence-electron chi connectivity index (χ4n) is 1.66. The Morgan fingerprint density at radius 2 is 2.24 bits per heavy atom. The fourth-order valence-corrected chi connectivity index (χ4v) is 2.83. The van der Waals surface area contributed by atoms with Crippen molar-refractivity contribution in [3.05, 3.63) is 39.9 Å². The number of thiocarbonyl (C=S) groups is 1. The first kappa shape index (κ1) is 15.7. The Bertz CT molecular complexity index is 696. The first-order chi connectivity index (χ1) is 9.95. The lowest BCUT2D eigenvalue weighted by molar-refractivity contribution is 1.03. The summed E-state index contributed by atoms with van der Waals surface area (Å²) in [4.78, 5) is 5.44. The Hall–Kier alpha value is -1.70. The van der Waals surface area contributed by atoms with E-state index in [1.165, 1.54) is 11.3 Å². The molecule has 0 unspecified atom stereocenters. The lowest BCUT2D eigenvalue weighted by Gasteiger charge is -2.02. The van der Waals surface area contributed by atoms with E-state index in [2.05, 4.69) is 20.8 Å². The third-order valence-electron chi connectivity index (χ3n) is 2.53. The lowest BCUT2D eigenvalue weighted by Crippen LogP contribution is -2.25. The van der Waals surface area contributed by atoms with Crippen LogP contribution in [0.4, 0.5) is 10.8 Å². The Labute approximate surface area is 137 Å². The molecular weight excluding hydrogens is 326 g/mol. The van der Waals surface area contributed by atoms with E-state index < -0.39 is 0 Å². The fraction of sp³-hybridized carbons (Fsp3) is 0.154. The molecule has 0 radical (unpaired) electrons. The van der Waals surface area contributed by atoms with Crippen LogP contribution in [0.25, 0.3) is 0 Å². The zero-order valence-corrected chi connectivity index (χ0v) is 13.9. The van der Waals surface area contributed by atoms with Crippen molar-refractivity contribution >= 4 is 56.8 Å². The Morgan fingerprint density at radius 3 is 2.90 bits per heavy atom. The highest BCUT2D eigenvalue weighted by molar-refractivity contribution is 7.80. The maximum Gasteiger partial charge on any atom is 0.188 e. The van der Waals surface area contributed by atoms with E-state index in [9.17, 15) is 0 Å². The van der Waals surface area contributed by atoms with Crippen LogP contribution in [0.5, 0.6) is 0 Å². The van der Waals surface area contributed by atoms with E-state index >= 15 is 0 Å². The Morgan fingerprint density at radius 1 is 1.48 bits per heavy atom. The first-order valence-corrected chi connectivity index (χ1v) is 7.66. The van der Waals surface area contributed by atoms with Gasteiger partial charge in [0.2, 0.25) is 0 Å². The quantitative estimate of drug-likeness (QED) is 0.452. The van der Waals surface area contributed by atoms with E-state index in [-0.39, 0.29) is 5.11 Å². The van der Waals surface area contributed by atoms with Gasteiger partial charge in [0.15, 0.2) is 10.2 Å². The summed E-state index contributed by atoms with van der Waals surface area (Å²) in [5.74, 6) is 0. The van der Waals surface area contributed by atoms with Crippen molar-refractivity contribution in [3.63, 3.8) is 0 Å². The van der Waals surface area contributed by atoms with Crippen LogP contribution in [0.15, 0.2) is 29.4 Å². The van der Waals surface area contributed by atoms with Crippen LogP contribution in [0.2, 0.25) is 5.02 Å². The van der Waals surface area contributed by atoms with Crippen molar-refractivity contribution in [2.75, 3.05) is 5.32 Å². The monoisotopic (exact) mass is 339 g/mol. The van der Waals surface area contributed by atoms with Crippen LogP contribution in [-0.4, -0.2) is 15.8 Å². The molecule has 2 rings (SSSR count). The molecule has 0 bridgehead atoms. The largest absolute Gasteiger partial charge is 0.375 e. The normalized spacial score (nSPS) is 11.3. The van der Waals surface area contributed by atoms with Gasteiger partial charge in [-0.1, -0.05) is 29.0 Å². The number of halogens is 1. The summed E-state index contributed by atoms with van der Waals surface area (Å²) in [6.07, 6.45) is 0. The molecule has 21 heavy (non-hydrogen) atoms. The summed E-state index contributed by atoms with van der Waals surface area (Å²) in [6.45, 7) is 3.80. The zero-order chi connectivity index (χ0) is 15.4. The number of hydrogen-bond donors (Lipinski definition) is 3. The predicted molar refractivity (Wildman–Crippen MR) is 93.7 cm³/mol. The standard InChI is InChI=1S/C13H14ClN5S2/c1-7-11(8(2)18-19-12(15)20)21-13(16-7)17-10-5-3-4-9(14)6-10/h3-6H,1-2H3,(H,16,17)(H3,15,19,20)/b18-8-. The molecule has 0 saturated carbocycles. The summed E-state index contributed by atoms with van der Waals surface area (Å²) in [5, 5.41) is 8.91. The smallest absolute Gasteiger partial charge is 0.188 e. The minimum atomic E-state index is 0.133. The van der Waals surface area contributed by atoms with Crippen molar-refractivity contribution < 1.29 is 0 Å². The average molecular weight is 340 g/mol. The molecule has 5 nitrogen and oxygen atoms in total. The van der Waals surface area contributed by atoms with E-state index in [1.807, 2.05) is 38.1 Å². The number of aromatic nitrogens is 1. The molecule has 110 valence electrons. The molecule has 1 aromatic heterocycles. The number of nitrogens with zero attached hydrogens (tertiary/aromatic N) is 2. The van der Waals surface area contributed by atoms with Crippen molar-refractivity contribution in [2.24, 2.45) is 10.8 Å². The van der Waals surface area contributed by atoms with Crippen molar-refractivity contribution in [3.8, 4) is 0 Å². The second-order valence-corrected chi connectivity index (χ2v) is 6.12. The number of nitrogens with two attached hydrogens (primary N) is 1. The van der Waals surface area contributed by atoms with E-state index in [0.29, 0.717) is 5.02 Å². The summed E-state index contributed by atoms with van der Waals surface area (Å²) >= 11 is 12.2. The first-order valence-electron chi connectivity index (χ1n) is 6.06.